The van der Waals surface area contributed by atoms with Crippen LogP contribution >= 0.6 is 0 Å². The van der Waals surface area contributed by atoms with Gasteiger partial charge in [-0.2, -0.15) is 0 Å². The fourth-order valence-electron chi connectivity index (χ4n) is 8.88. The molecule has 0 N–H and O–H groups in total. The Hall–Kier alpha value is -7.56. The first-order valence-electron chi connectivity index (χ1n) is 19.3. The van der Waals surface area contributed by atoms with Gasteiger partial charge in [-0.3, -0.25) is 0 Å². The van der Waals surface area contributed by atoms with E-state index in [1.54, 1.807) is 0 Å². The van der Waals surface area contributed by atoms with Gasteiger partial charge in [-0.05, 0) is 90.2 Å². The van der Waals surface area contributed by atoms with E-state index in [2.05, 4.69) is 193 Å². The summed E-state index contributed by atoms with van der Waals surface area (Å²) >= 11 is 0. The standard InChI is InChI=1S/C53H36N2O2/c1-3-16-43-37(4-2)40-21-7-9-24-44(40)55(43)46-26-11-10-25-45(46)54(47-27-15-30-50-52(47)41-22-8-12-28-48(41)56-50)36-19-13-18-35(33-36)38-23-14-29-49-51(38)42-32-31-34-17-5-6-20-39(34)53(42)57-49/h3-33H,2H2,1H3/b16-3-. The van der Waals surface area contributed by atoms with E-state index < -0.39 is 0 Å². The molecule has 0 amide bonds. The molecule has 0 bridgehead atoms. The topological polar surface area (TPSA) is 34.5 Å². The first kappa shape index (κ1) is 32.8. The van der Waals surface area contributed by atoms with Crippen molar-refractivity contribution in [2.45, 2.75) is 6.92 Å². The minimum absolute atomic E-state index is 0.837. The van der Waals surface area contributed by atoms with Crippen LogP contribution in [0.25, 0.3) is 94.5 Å². The quantitative estimate of drug-likeness (QED) is 0.164. The number of hydrogen-bond donors (Lipinski definition) is 0. The number of nitrogens with zero attached hydrogens (tertiary/aromatic N) is 2. The number of fused-ring (bicyclic) bond motifs is 9. The van der Waals surface area contributed by atoms with Gasteiger partial charge in [0.25, 0.3) is 0 Å². The molecule has 0 radical (unpaired) electrons. The fraction of sp³-hybridized carbons (Fsp3) is 0.0189. The highest BCUT2D eigenvalue weighted by Gasteiger charge is 2.25. The first-order valence-corrected chi connectivity index (χ1v) is 19.3. The summed E-state index contributed by atoms with van der Waals surface area (Å²) in [4.78, 5) is 2.39. The molecule has 3 aromatic heterocycles. The molecule has 0 spiro atoms. The van der Waals surface area contributed by atoms with Crippen molar-refractivity contribution in [3.63, 3.8) is 0 Å². The van der Waals surface area contributed by atoms with Gasteiger partial charge in [0.05, 0.1) is 33.7 Å². The van der Waals surface area contributed by atoms with Crippen molar-refractivity contribution >= 4 is 94.8 Å². The van der Waals surface area contributed by atoms with Crippen LogP contribution < -0.4 is 4.90 Å². The summed E-state index contributed by atoms with van der Waals surface area (Å²) in [6.07, 6.45) is 6.25. The average molecular weight is 733 g/mol. The van der Waals surface area contributed by atoms with Crippen molar-refractivity contribution in [2.75, 3.05) is 4.90 Å². The molecule has 0 fully saturated rings. The van der Waals surface area contributed by atoms with Gasteiger partial charge < -0.3 is 18.3 Å². The molecule has 0 aliphatic rings. The molecule has 11 rings (SSSR count). The molecule has 0 atom stereocenters. The van der Waals surface area contributed by atoms with Crippen molar-refractivity contribution in [1.82, 2.24) is 4.57 Å². The summed E-state index contributed by atoms with van der Waals surface area (Å²) in [7, 11) is 0. The van der Waals surface area contributed by atoms with Crippen LogP contribution in [0.1, 0.15) is 18.2 Å². The lowest BCUT2D eigenvalue weighted by atomic mass is 9.97. The maximum absolute atomic E-state index is 6.63. The van der Waals surface area contributed by atoms with Gasteiger partial charge >= 0.3 is 0 Å². The third-order valence-corrected chi connectivity index (χ3v) is 11.3. The highest BCUT2D eigenvalue weighted by molar-refractivity contribution is 6.19. The molecule has 4 nitrogen and oxygen atoms in total. The number of furan rings is 2. The molecular formula is C53H36N2O2. The van der Waals surface area contributed by atoms with Crippen LogP contribution in [0.3, 0.4) is 0 Å². The van der Waals surface area contributed by atoms with E-state index in [0.29, 0.717) is 0 Å². The zero-order valence-electron chi connectivity index (χ0n) is 31.3. The van der Waals surface area contributed by atoms with Crippen LogP contribution in [0.4, 0.5) is 17.1 Å². The van der Waals surface area contributed by atoms with Crippen molar-refractivity contribution < 1.29 is 8.83 Å². The van der Waals surface area contributed by atoms with E-state index >= 15 is 0 Å². The Labute approximate surface area is 329 Å². The summed E-state index contributed by atoms with van der Waals surface area (Å²) in [6, 6.07) is 60.0. The summed E-state index contributed by atoms with van der Waals surface area (Å²) in [5.41, 5.74) is 13.1. The van der Waals surface area contributed by atoms with Gasteiger partial charge in [0.1, 0.15) is 22.3 Å². The summed E-state index contributed by atoms with van der Waals surface area (Å²) in [5, 5.41) is 7.77. The Morgan fingerprint density at radius 2 is 1.26 bits per heavy atom. The highest BCUT2D eigenvalue weighted by Crippen LogP contribution is 2.47. The SMILES string of the molecule is C=Cc1c(/C=C\C)n(-c2ccccc2N(c2cccc(-c3cccc4oc5c6ccccc6ccc5c34)c2)c2cccc3oc4ccccc4c23)c2ccccc12. The van der Waals surface area contributed by atoms with Crippen LogP contribution in [0.15, 0.2) is 191 Å². The molecule has 0 saturated heterocycles. The van der Waals surface area contributed by atoms with Gasteiger partial charge in [0, 0.05) is 38.2 Å². The molecule has 11 aromatic rings. The largest absolute Gasteiger partial charge is 0.456 e. The predicted octanol–water partition coefficient (Wildman–Crippen LogP) is 15.4. The van der Waals surface area contributed by atoms with E-state index in [1.807, 2.05) is 18.2 Å². The molecule has 3 heterocycles. The van der Waals surface area contributed by atoms with E-state index in [9.17, 15) is 0 Å². The maximum Gasteiger partial charge on any atom is 0.143 e. The van der Waals surface area contributed by atoms with Crippen molar-refractivity contribution in [1.29, 1.82) is 0 Å². The number of para-hydroxylation sites is 4. The zero-order valence-corrected chi connectivity index (χ0v) is 31.3. The van der Waals surface area contributed by atoms with Crippen molar-refractivity contribution in [2.24, 2.45) is 0 Å². The number of allylic oxidation sites excluding steroid dienone is 1. The lowest BCUT2D eigenvalue weighted by molar-refractivity contribution is 0.669. The Bertz CT molecular complexity index is 3410. The molecule has 4 heteroatoms. The van der Waals surface area contributed by atoms with Crippen LogP contribution in [0.5, 0.6) is 0 Å². The lowest BCUT2D eigenvalue weighted by Crippen LogP contribution is -2.14. The number of benzene rings is 8. The summed E-state index contributed by atoms with van der Waals surface area (Å²) in [6.45, 7) is 6.32. The number of rotatable bonds is 7. The number of anilines is 3. The van der Waals surface area contributed by atoms with Crippen molar-refractivity contribution in [3.05, 3.63) is 194 Å². The molecule has 270 valence electrons. The minimum Gasteiger partial charge on any atom is -0.456 e. The maximum atomic E-state index is 6.63. The Balaban J connectivity index is 1.20. The lowest BCUT2D eigenvalue weighted by Gasteiger charge is -2.29. The van der Waals surface area contributed by atoms with Crippen LogP contribution in [-0.2, 0) is 0 Å². The van der Waals surface area contributed by atoms with Crippen LogP contribution in [-0.4, -0.2) is 4.57 Å². The second-order valence-electron chi connectivity index (χ2n) is 14.4. The normalized spacial score (nSPS) is 11.9. The minimum atomic E-state index is 0.837. The third-order valence-electron chi connectivity index (χ3n) is 11.3. The van der Waals surface area contributed by atoms with Gasteiger partial charge in [-0.15, -0.1) is 0 Å². The monoisotopic (exact) mass is 732 g/mol. The van der Waals surface area contributed by atoms with E-state index in [4.69, 9.17) is 8.83 Å². The molecule has 0 aliphatic heterocycles. The fourth-order valence-corrected chi connectivity index (χ4v) is 8.88. The molecule has 57 heavy (non-hydrogen) atoms. The Morgan fingerprint density at radius 1 is 0.561 bits per heavy atom. The van der Waals surface area contributed by atoms with Gasteiger partial charge in [0.2, 0.25) is 0 Å². The van der Waals surface area contributed by atoms with E-state index in [1.165, 1.54) is 0 Å². The molecule has 0 unspecified atom stereocenters. The smallest absolute Gasteiger partial charge is 0.143 e. The van der Waals surface area contributed by atoms with Crippen molar-refractivity contribution in [3.8, 4) is 16.8 Å². The van der Waals surface area contributed by atoms with Crippen LogP contribution in [0.2, 0.25) is 0 Å². The number of aromatic nitrogens is 1. The second-order valence-corrected chi connectivity index (χ2v) is 14.4. The number of hydrogen-bond acceptors (Lipinski definition) is 3. The molecule has 0 aliphatic carbocycles. The summed E-state index contributed by atoms with van der Waals surface area (Å²) < 4.78 is 15.5. The van der Waals surface area contributed by atoms with Gasteiger partial charge in [-0.25, -0.2) is 0 Å². The Morgan fingerprint density at radius 3 is 2.14 bits per heavy atom. The highest BCUT2D eigenvalue weighted by atomic mass is 16.3. The van der Waals surface area contributed by atoms with Crippen LogP contribution in [0, 0.1) is 0 Å². The molecule has 8 aromatic carbocycles. The molecular weight excluding hydrogens is 697 g/mol. The molecule has 0 saturated carbocycles. The van der Waals surface area contributed by atoms with E-state index in [-0.39, 0.29) is 0 Å². The van der Waals surface area contributed by atoms with Gasteiger partial charge in [0.15, 0.2) is 0 Å². The summed E-state index contributed by atoms with van der Waals surface area (Å²) in [5.74, 6) is 0. The third kappa shape index (κ3) is 5.01. The van der Waals surface area contributed by atoms with Gasteiger partial charge in [-0.1, -0.05) is 128 Å². The zero-order chi connectivity index (χ0) is 38.0. The predicted molar refractivity (Wildman–Crippen MR) is 240 cm³/mol. The van der Waals surface area contributed by atoms with E-state index in [0.717, 1.165) is 111 Å². The Kier molecular flexibility index (Phi) is 7.51. The first-order chi connectivity index (χ1) is 28.2. The second kappa shape index (κ2) is 13.0. The average Bonchev–Trinajstić information content (AvgIpc) is 3.94.